The zero-order valence-corrected chi connectivity index (χ0v) is 9.66. The van der Waals surface area contributed by atoms with Crippen LogP contribution in [-0.2, 0) is 5.54 Å². The van der Waals surface area contributed by atoms with Crippen molar-refractivity contribution in [3.8, 4) is 0 Å². The molecule has 3 nitrogen and oxygen atoms in total. The SMILES string of the molecule is NC1(c2ncnc3cc(Br)ccc23)CC1. The zero-order chi connectivity index (χ0) is 10.5. The maximum absolute atomic E-state index is 6.17. The van der Waals surface area contributed by atoms with Gasteiger partial charge in [0, 0.05) is 9.86 Å². The van der Waals surface area contributed by atoms with Gasteiger partial charge in [-0.25, -0.2) is 9.97 Å². The minimum absolute atomic E-state index is 0.199. The van der Waals surface area contributed by atoms with E-state index in [2.05, 4.69) is 25.9 Å². The van der Waals surface area contributed by atoms with Gasteiger partial charge in [-0.1, -0.05) is 15.9 Å². The first kappa shape index (κ1) is 9.24. The van der Waals surface area contributed by atoms with Crippen LogP contribution in [0.3, 0.4) is 0 Å². The summed E-state index contributed by atoms with van der Waals surface area (Å²) in [5.41, 5.74) is 7.91. The summed E-state index contributed by atoms with van der Waals surface area (Å²) in [5, 5.41) is 1.07. The van der Waals surface area contributed by atoms with Crippen LogP contribution in [0.4, 0.5) is 0 Å². The van der Waals surface area contributed by atoms with E-state index in [0.717, 1.165) is 33.9 Å². The largest absolute Gasteiger partial charge is 0.320 e. The highest BCUT2D eigenvalue weighted by Gasteiger charge is 2.42. The number of hydrogen-bond donors (Lipinski definition) is 1. The van der Waals surface area contributed by atoms with E-state index in [1.807, 2.05) is 18.2 Å². The van der Waals surface area contributed by atoms with Crippen molar-refractivity contribution in [3.63, 3.8) is 0 Å². The lowest BCUT2D eigenvalue weighted by Crippen LogP contribution is -2.20. The van der Waals surface area contributed by atoms with E-state index < -0.39 is 0 Å². The Morgan fingerprint density at radius 1 is 1.27 bits per heavy atom. The van der Waals surface area contributed by atoms with Crippen molar-refractivity contribution in [2.75, 3.05) is 0 Å². The molecule has 0 saturated heterocycles. The van der Waals surface area contributed by atoms with Gasteiger partial charge in [-0.15, -0.1) is 0 Å². The van der Waals surface area contributed by atoms with Crippen LogP contribution in [0, 0.1) is 0 Å². The standard InChI is InChI=1S/C11H10BrN3/c12-7-1-2-8-9(5-7)14-6-15-10(8)11(13)3-4-11/h1-2,5-6H,3-4,13H2. The number of halogens is 1. The number of aromatic nitrogens is 2. The minimum atomic E-state index is -0.199. The third kappa shape index (κ3) is 1.44. The fraction of sp³-hybridized carbons (Fsp3) is 0.273. The smallest absolute Gasteiger partial charge is 0.116 e. The number of nitrogens with zero attached hydrogens (tertiary/aromatic N) is 2. The van der Waals surface area contributed by atoms with Gasteiger partial charge in [0.25, 0.3) is 0 Å². The normalized spacial score (nSPS) is 18.0. The molecule has 0 amide bonds. The molecule has 0 radical (unpaired) electrons. The van der Waals surface area contributed by atoms with E-state index in [0.29, 0.717) is 0 Å². The highest BCUT2D eigenvalue weighted by atomic mass is 79.9. The van der Waals surface area contributed by atoms with E-state index in [-0.39, 0.29) is 5.54 Å². The third-order valence-electron chi connectivity index (χ3n) is 2.86. The summed E-state index contributed by atoms with van der Waals surface area (Å²) in [5.74, 6) is 0. The molecule has 15 heavy (non-hydrogen) atoms. The molecular formula is C11H10BrN3. The van der Waals surface area contributed by atoms with Gasteiger partial charge in [-0.3, -0.25) is 0 Å². The molecule has 76 valence electrons. The summed E-state index contributed by atoms with van der Waals surface area (Å²) in [6, 6.07) is 6.02. The summed E-state index contributed by atoms with van der Waals surface area (Å²) in [7, 11) is 0. The summed E-state index contributed by atoms with van der Waals surface area (Å²) >= 11 is 3.43. The minimum Gasteiger partial charge on any atom is -0.320 e. The molecule has 1 aliphatic carbocycles. The highest BCUT2D eigenvalue weighted by Crippen LogP contribution is 2.43. The molecule has 1 aliphatic rings. The summed E-state index contributed by atoms with van der Waals surface area (Å²) in [4.78, 5) is 8.57. The van der Waals surface area contributed by atoms with E-state index in [4.69, 9.17) is 5.73 Å². The molecule has 0 spiro atoms. The van der Waals surface area contributed by atoms with Crippen molar-refractivity contribution in [2.24, 2.45) is 5.73 Å². The molecule has 4 heteroatoms. The van der Waals surface area contributed by atoms with Crippen molar-refractivity contribution >= 4 is 26.8 Å². The van der Waals surface area contributed by atoms with Gasteiger partial charge in [0.2, 0.25) is 0 Å². The van der Waals surface area contributed by atoms with E-state index >= 15 is 0 Å². The molecule has 1 aromatic carbocycles. The molecule has 3 rings (SSSR count). The lowest BCUT2D eigenvalue weighted by Gasteiger charge is -2.10. The van der Waals surface area contributed by atoms with Crippen molar-refractivity contribution in [3.05, 3.63) is 34.7 Å². The van der Waals surface area contributed by atoms with Gasteiger partial charge in [0.15, 0.2) is 0 Å². The topological polar surface area (TPSA) is 51.8 Å². The molecule has 2 N–H and O–H groups in total. The van der Waals surface area contributed by atoms with Crippen LogP contribution in [0.5, 0.6) is 0 Å². The maximum atomic E-state index is 6.17. The van der Waals surface area contributed by atoms with Gasteiger partial charge in [-0.2, -0.15) is 0 Å². The Balaban J connectivity index is 2.31. The van der Waals surface area contributed by atoms with Crippen LogP contribution >= 0.6 is 15.9 Å². The lowest BCUT2D eigenvalue weighted by atomic mass is 10.1. The Morgan fingerprint density at radius 2 is 2.07 bits per heavy atom. The predicted octanol–water partition coefficient (Wildman–Crippen LogP) is 2.34. The van der Waals surface area contributed by atoms with Crippen molar-refractivity contribution < 1.29 is 0 Å². The second kappa shape index (κ2) is 3.00. The first-order valence-corrected chi connectivity index (χ1v) is 5.68. The molecule has 1 heterocycles. The monoisotopic (exact) mass is 263 g/mol. The quantitative estimate of drug-likeness (QED) is 0.860. The van der Waals surface area contributed by atoms with Crippen molar-refractivity contribution in [1.29, 1.82) is 0 Å². The van der Waals surface area contributed by atoms with Crippen molar-refractivity contribution in [2.45, 2.75) is 18.4 Å². The Labute approximate surface area is 95.8 Å². The average molecular weight is 264 g/mol. The third-order valence-corrected chi connectivity index (χ3v) is 3.35. The van der Waals surface area contributed by atoms with Crippen LogP contribution in [0.15, 0.2) is 29.0 Å². The maximum Gasteiger partial charge on any atom is 0.116 e. The number of rotatable bonds is 1. The van der Waals surface area contributed by atoms with Crippen LogP contribution in [0.2, 0.25) is 0 Å². The molecule has 1 saturated carbocycles. The summed E-state index contributed by atoms with van der Waals surface area (Å²) < 4.78 is 1.03. The van der Waals surface area contributed by atoms with Crippen LogP contribution in [0.1, 0.15) is 18.5 Å². The zero-order valence-electron chi connectivity index (χ0n) is 8.07. The lowest BCUT2D eigenvalue weighted by molar-refractivity contribution is 0.714. The molecule has 0 aliphatic heterocycles. The Bertz CT molecular complexity index is 534. The summed E-state index contributed by atoms with van der Waals surface area (Å²) in [6.45, 7) is 0. The van der Waals surface area contributed by atoms with Gasteiger partial charge >= 0.3 is 0 Å². The molecule has 1 aromatic heterocycles. The summed E-state index contributed by atoms with van der Waals surface area (Å²) in [6.07, 6.45) is 3.64. The predicted molar refractivity (Wildman–Crippen MR) is 62.3 cm³/mol. The van der Waals surface area contributed by atoms with E-state index in [1.54, 1.807) is 6.33 Å². The van der Waals surface area contributed by atoms with Gasteiger partial charge in [0.1, 0.15) is 6.33 Å². The number of benzene rings is 1. The van der Waals surface area contributed by atoms with E-state index in [9.17, 15) is 0 Å². The number of hydrogen-bond acceptors (Lipinski definition) is 3. The number of nitrogens with two attached hydrogens (primary N) is 1. The molecule has 1 fully saturated rings. The van der Waals surface area contributed by atoms with Crippen LogP contribution in [0.25, 0.3) is 10.9 Å². The second-order valence-electron chi connectivity index (χ2n) is 4.04. The van der Waals surface area contributed by atoms with Crippen LogP contribution < -0.4 is 5.73 Å². The number of fused-ring (bicyclic) bond motifs is 1. The molecule has 0 bridgehead atoms. The molecule has 2 aromatic rings. The Morgan fingerprint density at radius 3 is 2.80 bits per heavy atom. The Kier molecular flexibility index (Phi) is 1.85. The van der Waals surface area contributed by atoms with Gasteiger partial charge < -0.3 is 5.73 Å². The fourth-order valence-electron chi connectivity index (χ4n) is 1.80. The average Bonchev–Trinajstić information content (AvgIpc) is 2.96. The van der Waals surface area contributed by atoms with Gasteiger partial charge in [-0.05, 0) is 31.0 Å². The van der Waals surface area contributed by atoms with Crippen molar-refractivity contribution in [1.82, 2.24) is 9.97 Å². The van der Waals surface area contributed by atoms with E-state index in [1.165, 1.54) is 0 Å². The fourth-order valence-corrected chi connectivity index (χ4v) is 2.15. The molecular weight excluding hydrogens is 254 g/mol. The second-order valence-corrected chi connectivity index (χ2v) is 4.96. The van der Waals surface area contributed by atoms with Crippen LogP contribution in [-0.4, -0.2) is 9.97 Å². The highest BCUT2D eigenvalue weighted by molar-refractivity contribution is 9.10. The Hall–Kier alpha value is -1.000. The molecule has 0 atom stereocenters. The molecule has 0 unspecified atom stereocenters. The van der Waals surface area contributed by atoms with Gasteiger partial charge in [0.05, 0.1) is 16.7 Å². The first-order valence-electron chi connectivity index (χ1n) is 4.89. The first-order chi connectivity index (χ1) is 7.19.